The number of carbonyl (C=O) groups is 2. The van der Waals surface area contributed by atoms with E-state index < -0.39 is 5.97 Å². The van der Waals surface area contributed by atoms with E-state index in [1.807, 2.05) is 16.7 Å². The van der Waals surface area contributed by atoms with E-state index in [1.165, 1.54) is 17.4 Å². The predicted molar refractivity (Wildman–Crippen MR) is 83.4 cm³/mol. The van der Waals surface area contributed by atoms with Crippen molar-refractivity contribution in [3.63, 3.8) is 0 Å². The number of nitrogens with zero attached hydrogens (tertiary/aromatic N) is 1. The van der Waals surface area contributed by atoms with E-state index >= 15 is 0 Å². The van der Waals surface area contributed by atoms with Gasteiger partial charge in [-0.3, -0.25) is 4.79 Å². The van der Waals surface area contributed by atoms with Gasteiger partial charge in [0.1, 0.15) is 0 Å². The summed E-state index contributed by atoms with van der Waals surface area (Å²) in [6.45, 7) is 3.74. The van der Waals surface area contributed by atoms with Crippen molar-refractivity contribution in [1.29, 1.82) is 0 Å². The van der Waals surface area contributed by atoms with E-state index in [0.717, 1.165) is 36.2 Å². The number of amides is 1. The zero-order valence-electron chi connectivity index (χ0n) is 11.2. The van der Waals surface area contributed by atoms with Crippen LogP contribution in [0.25, 0.3) is 6.08 Å². The van der Waals surface area contributed by atoms with Gasteiger partial charge in [-0.05, 0) is 24.6 Å². The molecule has 1 saturated heterocycles. The van der Waals surface area contributed by atoms with Crippen LogP contribution in [0.4, 0.5) is 0 Å². The second-order valence-corrected chi connectivity index (χ2v) is 7.05. The lowest BCUT2D eigenvalue weighted by molar-refractivity contribution is -0.131. The molecule has 2 rings (SSSR count). The van der Waals surface area contributed by atoms with Crippen LogP contribution in [0.3, 0.4) is 0 Å². The van der Waals surface area contributed by atoms with E-state index in [-0.39, 0.29) is 5.91 Å². The Kier molecular flexibility index (Phi) is 5.25. The Morgan fingerprint density at radius 1 is 1.50 bits per heavy atom. The number of hydrogen-bond acceptors (Lipinski definition) is 4. The molecule has 1 N–H and O–H groups in total. The maximum atomic E-state index is 12.4. The van der Waals surface area contributed by atoms with Crippen molar-refractivity contribution in [2.24, 2.45) is 0 Å². The molecule has 4 nitrogen and oxygen atoms in total. The van der Waals surface area contributed by atoms with Crippen LogP contribution in [-0.4, -0.2) is 46.0 Å². The van der Waals surface area contributed by atoms with Crippen molar-refractivity contribution < 1.29 is 14.7 Å². The number of carboxylic acid groups (broad SMARTS) is 1. The van der Waals surface area contributed by atoms with Gasteiger partial charge in [-0.15, -0.1) is 11.3 Å². The third-order valence-corrected chi connectivity index (χ3v) is 5.52. The summed E-state index contributed by atoms with van der Waals surface area (Å²) in [5, 5.41) is 9.12. The minimum absolute atomic E-state index is 0.0590. The molecule has 0 bridgehead atoms. The van der Waals surface area contributed by atoms with Gasteiger partial charge in [-0.2, -0.15) is 11.8 Å². The largest absolute Gasteiger partial charge is 0.478 e. The number of thiophene rings is 1. The van der Waals surface area contributed by atoms with Crippen LogP contribution in [0, 0.1) is 0 Å². The third-order valence-electron chi connectivity index (χ3n) is 3.11. The highest BCUT2D eigenvalue weighted by atomic mass is 32.2. The number of rotatable bonds is 4. The lowest BCUT2D eigenvalue weighted by atomic mass is 10.3. The summed E-state index contributed by atoms with van der Waals surface area (Å²) in [4.78, 5) is 26.2. The summed E-state index contributed by atoms with van der Waals surface area (Å²) >= 11 is 3.27. The molecule has 1 unspecified atom stereocenters. The third kappa shape index (κ3) is 3.86. The quantitative estimate of drug-likeness (QED) is 0.869. The van der Waals surface area contributed by atoms with Crippen LogP contribution in [0.2, 0.25) is 0 Å². The average Bonchev–Trinajstić information content (AvgIpc) is 2.93. The molecule has 1 aromatic heterocycles. The van der Waals surface area contributed by atoms with Crippen LogP contribution in [0.15, 0.2) is 18.2 Å². The highest BCUT2D eigenvalue weighted by molar-refractivity contribution is 8.00. The molecule has 0 radical (unpaired) electrons. The first kappa shape index (κ1) is 15.1. The summed E-state index contributed by atoms with van der Waals surface area (Å²) in [7, 11) is 0. The zero-order chi connectivity index (χ0) is 14.5. The molecule has 0 saturated carbocycles. The van der Waals surface area contributed by atoms with Gasteiger partial charge in [0.05, 0.1) is 4.88 Å². The fourth-order valence-corrected chi connectivity index (χ4v) is 4.08. The van der Waals surface area contributed by atoms with Crippen LogP contribution in [0.5, 0.6) is 0 Å². The van der Waals surface area contributed by atoms with Gasteiger partial charge in [-0.25, -0.2) is 4.79 Å². The predicted octanol–water partition coefficient (Wildman–Crippen LogP) is 2.81. The van der Waals surface area contributed by atoms with Crippen molar-refractivity contribution in [2.75, 3.05) is 18.8 Å². The summed E-state index contributed by atoms with van der Waals surface area (Å²) in [6, 6.07) is 3.56. The van der Waals surface area contributed by atoms with E-state index in [2.05, 4.69) is 6.92 Å². The van der Waals surface area contributed by atoms with E-state index in [4.69, 9.17) is 5.11 Å². The van der Waals surface area contributed by atoms with Gasteiger partial charge in [0.15, 0.2) is 0 Å². The lowest BCUT2D eigenvalue weighted by Gasteiger charge is -2.31. The number of carboxylic acids is 1. The van der Waals surface area contributed by atoms with Crippen molar-refractivity contribution in [3.8, 4) is 0 Å². The maximum Gasteiger partial charge on any atom is 0.328 e. The van der Waals surface area contributed by atoms with Crippen molar-refractivity contribution in [2.45, 2.75) is 18.6 Å². The van der Waals surface area contributed by atoms with Crippen LogP contribution >= 0.6 is 23.1 Å². The highest BCUT2D eigenvalue weighted by Gasteiger charge is 2.24. The molecule has 20 heavy (non-hydrogen) atoms. The second-order valence-electron chi connectivity index (χ2n) is 4.53. The normalized spacial score (nSPS) is 19.4. The van der Waals surface area contributed by atoms with Gasteiger partial charge in [0.25, 0.3) is 5.91 Å². The maximum absolute atomic E-state index is 12.4. The van der Waals surface area contributed by atoms with Crippen molar-refractivity contribution >= 4 is 41.1 Å². The molecule has 1 aliphatic rings. The van der Waals surface area contributed by atoms with Gasteiger partial charge < -0.3 is 10.0 Å². The molecule has 6 heteroatoms. The van der Waals surface area contributed by atoms with Crippen LogP contribution in [-0.2, 0) is 4.79 Å². The number of hydrogen-bond donors (Lipinski definition) is 1. The molecule has 1 atom stereocenters. The molecular formula is C14H17NO3S2. The Hall–Kier alpha value is -1.27. The minimum Gasteiger partial charge on any atom is -0.478 e. The molecule has 108 valence electrons. The van der Waals surface area contributed by atoms with E-state index in [9.17, 15) is 9.59 Å². The monoisotopic (exact) mass is 311 g/mol. The summed E-state index contributed by atoms with van der Waals surface area (Å²) in [5.74, 6) is 0.0651. The number of carbonyl (C=O) groups excluding carboxylic acids is 1. The molecule has 0 spiro atoms. The molecular weight excluding hydrogens is 294 g/mol. The second kappa shape index (κ2) is 6.95. The summed E-state index contributed by atoms with van der Waals surface area (Å²) < 4.78 is 0. The Labute approximate surface area is 126 Å². The molecule has 2 heterocycles. The zero-order valence-corrected chi connectivity index (χ0v) is 12.9. The summed E-state index contributed by atoms with van der Waals surface area (Å²) in [5.41, 5.74) is 0. The van der Waals surface area contributed by atoms with Gasteiger partial charge in [-0.1, -0.05) is 6.92 Å². The first-order chi connectivity index (χ1) is 9.60. The van der Waals surface area contributed by atoms with Gasteiger partial charge in [0, 0.05) is 35.0 Å². The SMILES string of the molecule is CCC1CN(C(=O)c2ccc(/C=C/C(=O)O)s2)CCS1. The standard InChI is InChI=1S/C14H17NO3S2/c1-2-10-9-15(7-8-19-10)14(18)12-5-3-11(20-12)4-6-13(16)17/h3-6,10H,2,7-9H2,1H3,(H,16,17)/b6-4+. The molecule has 1 aromatic rings. The fourth-order valence-electron chi connectivity index (χ4n) is 2.02. The first-order valence-electron chi connectivity index (χ1n) is 6.52. The van der Waals surface area contributed by atoms with Crippen molar-refractivity contribution in [3.05, 3.63) is 28.0 Å². The Bertz CT molecular complexity index is 524. The minimum atomic E-state index is -0.981. The molecule has 1 fully saturated rings. The molecule has 1 amide bonds. The Balaban J connectivity index is 2.04. The smallest absolute Gasteiger partial charge is 0.328 e. The lowest BCUT2D eigenvalue weighted by Crippen LogP contribution is -2.41. The molecule has 1 aliphatic heterocycles. The average molecular weight is 311 g/mol. The van der Waals surface area contributed by atoms with E-state index in [1.54, 1.807) is 12.1 Å². The first-order valence-corrected chi connectivity index (χ1v) is 8.38. The highest BCUT2D eigenvalue weighted by Crippen LogP contribution is 2.25. The van der Waals surface area contributed by atoms with Crippen LogP contribution < -0.4 is 0 Å². The van der Waals surface area contributed by atoms with Gasteiger partial charge in [0.2, 0.25) is 0 Å². The topological polar surface area (TPSA) is 57.6 Å². The van der Waals surface area contributed by atoms with Crippen LogP contribution in [0.1, 0.15) is 27.9 Å². The fraction of sp³-hybridized carbons (Fsp3) is 0.429. The number of aliphatic carboxylic acids is 1. The molecule has 0 aromatic carbocycles. The van der Waals surface area contributed by atoms with Crippen molar-refractivity contribution in [1.82, 2.24) is 4.90 Å². The van der Waals surface area contributed by atoms with Gasteiger partial charge >= 0.3 is 5.97 Å². The Morgan fingerprint density at radius 2 is 2.30 bits per heavy atom. The van der Waals surface area contributed by atoms with E-state index in [0.29, 0.717) is 10.1 Å². The Morgan fingerprint density at radius 3 is 3.00 bits per heavy atom. The summed E-state index contributed by atoms with van der Waals surface area (Å²) in [6.07, 6.45) is 3.68. The molecule has 0 aliphatic carbocycles. The number of thioether (sulfide) groups is 1.